The summed E-state index contributed by atoms with van der Waals surface area (Å²) in [6.07, 6.45) is 2.26. The molecule has 0 aliphatic carbocycles. The van der Waals surface area contributed by atoms with Gasteiger partial charge in [-0.2, -0.15) is 5.10 Å². The van der Waals surface area contributed by atoms with E-state index in [-0.39, 0.29) is 11.9 Å². The van der Waals surface area contributed by atoms with Crippen LogP contribution in [0.1, 0.15) is 39.3 Å². The highest BCUT2D eigenvalue weighted by Crippen LogP contribution is 2.22. The van der Waals surface area contributed by atoms with E-state index in [1.807, 2.05) is 25.5 Å². The van der Waals surface area contributed by atoms with E-state index >= 15 is 0 Å². The fourth-order valence-electron chi connectivity index (χ4n) is 2.49. The van der Waals surface area contributed by atoms with Crippen molar-refractivity contribution in [1.82, 2.24) is 24.6 Å². The van der Waals surface area contributed by atoms with Crippen molar-refractivity contribution in [1.29, 1.82) is 0 Å². The number of aromatic nitrogens is 4. The summed E-state index contributed by atoms with van der Waals surface area (Å²) < 4.78 is 3.66. The molecule has 0 aromatic carbocycles. The molecule has 7 heteroatoms. The lowest BCUT2D eigenvalue weighted by atomic mass is 10.2. The lowest BCUT2D eigenvalue weighted by molar-refractivity contribution is -0.121. The Morgan fingerprint density at radius 1 is 1.43 bits per heavy atom. The highest BCUT2D eigenvalue weighted by atomic mass is 16.1. The summed E-state index contributed by atoms with van der Waals surface area (Å²) in [5, 5.41) is 7.37. The SMILES string of the molecule is CCCc1nn(C)c2c1nc(N)n2CCC(=O)NC(C)C. The molecule has 2 heterocycles. The van der Waals surface area contributed by atoms with Crippen LogP contribution in [0.15, 0.2) is 0 Å². The van der Waals surface area contributed by atoms with Gasteiger partial charge >= 0.3 is 0 Å². The second-order valence-corrected chi connectivity index (χ2v) is 5.59. The molecular weight excluding hydrogens is 268 g/mol. The zero-order valence-electron chi connectivity index (χ0n) is 13.2. The molecule has 21 heavy (non-hydrogen) atoms. The van der Waals surface area contributed by atoms with E-state index < -0.39 is 0 Å². The van der Waals surface area contributed by atoms with Gasteiger partial charge in [-0.25, -0.2) is 4.98 Å². The first-order chi connectivity index (χ1) is 9.93. The monoisotopic (exact) mass is 292 g/mol. The number of carbonyl (C=O) groups excluding carboxylic acids is 1. The number of nitrogens with two attached hydrogens (primary N) is 1. The molecule has 0 saturated heterocycles. The molecule has 116 valence electrons. The number of nitrogens with one attached hydrogen (secondary N) is 1. The number of aryl methyl sites for hydroxylation is 3. The summed E-state index contributed by atoms with van der Waals surface area (Å²) in [6, 6.07) is 0.144. The molecule has 0 atom stereocenters. The van der Waals surface area contributed by atoms with Gasteiger partial charge in [0.25, 0.3) is 0 Å². The Bertz CT molecular complexity index is 639. The van der Waals surface area contributed by atoms with Gasteiger partial charge in [-0.15, -0.1) is 0 Å². The van der Waals surface area contributed by atoms with Crippen LogP contribution in [0.2, 0.25) is 0 Å². The van der Waals surface area contributed by atoms with Crippen LogP contribution in [0, 0.1) is 0 Å². The maximum atomic E-state index is 11.8. The number of nitrogens with zero attached hydrogens (tertiary/aromatic N) is 4. The van der Waals surface area contributed by atoms with E-state index in [1.165, 1.54) is 0 Å². The van der Waals surface area contributed by atoms with Crippen LogP contribution in [0.3, 0.4) is 0 Å². The van der Waals surface area contributed by atoms with Gasteiger partial charge in [0.15, 0.2) is 5.65 Å². The van der Waals surface area contributed by atoms with Gasteiger partial charge < -0.3 is 11.1 Å². The van der Waals surface area contributed by atoms with Crippen molar-refractivity contribution in [3.63, 3.8) is 0 Å². The van der Waals surface area contributed by atoms with Gasteiger partial charge in [-0.1, -0.05) is 13.3 Å². The lowest BCUT2D eigenvalue weighted by Crippen LogP contribution is -2.30. The molecule has 1 amide bonds. The van der Waals surface area contributed by atoms with E-state index in [0.717, 1.165) is 29.7 Å². The molecule has 7 nitrogen and oxygen atoms in total. The molecule has 2 aromatic rings. The third-order valence-corrected chi connectivity index (χ3v) is 3.32. The van der Waals surface area contributed by atoms with Crippen molar-refractivity contribution in [2.45, 2.75) is 52.6 Å². The first-order valence-electron chi connectivity index (χ1n) is 7.41. The Hall–Kier alpha value is -2.05. The van der Waals surface area contributed by atoms with Crippen molar-refractivity contribution in [2.75, 3.05) is 5.73 Å². The van der Waals surface area contributed by atoms with Crippen LogP contribution >= 0.6 is 0 Å². The lowest BCUT2D eigenvalue weighted by Gasteiger charge is -2.10. The number of hydrogen-bond acceptors (Lipinski definition) is 4. The molecule has 0 fully saturated rings. The smallest absolute Gasteiger partial charge is 0.221 e. The van der Waals surface area contributed by atoms with Crippen molar-refractivity contribution >= 4 is 23.0 Å². The third kappa shape index (κ3) is 3.17. The highest BCUT2D eigenvalue weighted by molar-refractivity contribution is 5.79. The number of amides is 1. The van der Waals surface area contributed by atoms with Crippen LogP contribution in [0.4, 0.5) is 5.95 Å². The minimum Gasteiger partial charge on any atom is -0.369 e. The Morgan fingerprint density at radius 2 is 2.14 bits per heavy atom. The Balaban J connectivity index is 2.23. The van der Waals surface area contributed by atoms with E-state index in [1.54, 1.807) is 4.68 Å². The summed E-state index contributed by atoms with van der Waals surface area (Å²) in [5.74, 6) is 0.454. The predicted molar refractivity (Wildman–Crippen MR) is 82.8 cm³/mol. The van der Waals surface area contributed by atoms with Crippen LogP contribution in [-0.4, -0.2) is 31.3 Å². The first kappa shape index (κ1) is 15.3. The van der Waals surface area contributed by atoms with Crippen molar-refractivity contribution in [3.8, 4) is 0 Å². The molecule has 2 aromatic heterocycles. The van der Waals surface area contributed by atoms with Gasteiger partial charge in [-0.05, 0) is 20.3 Å². The van der Waals surface area contributed by atoms with E-state index in [9.17, 15) is 4.79 Å². The van der Waals surface area contributed by atoms with Crippen LogP contribution in [-0.2, 0) is 24.8 Å². The largest absolute Gasteiger partial charge is 0.369 e. The van der Waals surface area contributed by atoms with Gasteiger partial charge in [-0.3, -0.25) is 14.0 Å². The average molecular weight is 292 g/mol. The first-order valence-corrected chi connectivity index (χ1v) is 7.41. The third-order valence-electron chi connectivity index (χ3n) is 3.32. The number of nitrogen functional groups attached to an aromatic ring is 1. The Morgan fingerprint density at radius 3 is 2.76 bits per heavy atom. The minimum atomic E-state index is 0.0159. The molecule has 0 spiro atoms. The number of imidazole rings is 1. The molecule has 0 bridgehead atoms. The van der Waals surface area contributed by atoms with Gasteiger partial charge in [0.05, 0.1) is 5.69 Å². The second-order valence-electron chi connectivity index (χ2n) is 5.59. The Labute approximate surface area is 124 Å². The minimum absolute atomic E-state index is 0.0159. The second kappa shape index (κ2) is 6.15. The van der Waals surface area contributed by atoms with Crippen LogP contribution in [0.5, 0.6) is 0 Å². The Kier molecular flexibility index (Phi) is 4.50. The summed E-state index contributed by atoms with van der Waals surface area (Å²) in [4.78, 5) is 16.2. The topological polar surface area (TPSA) is 90.8 Å². The van der Waals surface area contributed by atoms with Crippen LogP contribution in [0.25, 0.3) is 11.2 Å². The van der Waals surface area contributed by atoms with Crippen LogP contribution < -0.4 is 11.1 Å². The normalized spacial score (nSPS) is 11.5. The highest BCUT2D eigenvalue weighted by Gasteiger charge is 2.18. The summed E-state index contributed by atoms with van der Waals surface area (Å²) >= 11 is 0. The number of anilines is 1. The summed E-state index contributed by atoms with van der Waals surface area (Å²) in [7, 11) is 1.88. The van der Waals surface area contributed by atoms with E-state index in [2.05, 4.69) is 22.3 Å². The molecule has 0 saturated carbocycles. The van der Waals surface area contributed by atoms with E-state index in [0.29, 0.717) is 18.9 Å². The van der Waals surface area contributed by atoms with E-state index in [4.69, 9.17) is 5.73 Å². The average Bonchev–Trinajstić information content (AvgIpc) is 2.85. The summed E-state index contributed by atoms with van der Waals surface area (Å²) in [6.45, 7) is 6.50. The molecule has 0 aliphatic heterocycles. The molecule has 2 rings (SSSR count). The quantitative estimate of drug-likeness (QED) is 0.837. The zero-order valence-corrected chi connectivity index (χ0v) is 13.2. The number of rotatable bonds is 6. The van der Waals surface area contributed by atoms with Crippen molar-refractivity contribution in [2.24, 2.45) is 7.05 Å². The molecule has 3 N–H and O–H groups in total. The molecule has 0 aliphatic rings. The van der Waals surface area contributed by atoms with Crippen molar-refractivity contribution < 1.29 is 4.79 Å². The maximum Gasteiger partial charge on any atom is 0.221 e. The maximum absolute atomic E-state index is 11.8. The predicted octanol–water partition coefficient (Wildman–Crippen LogP) is 1.22. The fraction of sp³-hybridized carbons (Fsp3) is 0.643. The number of carbonyl (C=O) groups is 1. The molecule has 0 radical (unpaired) electrons. The number of fused-ring (bicyclic) bond motifs is 1. The van der Waals surface area contributed by atoms with Gasteiger partial charge in [0.1, 0.15) is 5.52 Å². The van der Waals surface area contributed by atoms with Crippen molar-refractivity contribution in [3.05, 3.63) is 5.69 Å². The fourth-order valence-corrected chi connectivity index (χ4v) is 2.49. The standard InChI is InChI=1S/C14H24N6O/c1-5-6-10-12-13(19(4)18-10)20(14(15)17-12)8-7-11(21)16-9(2)3/h9H,5-8H2,1-4H3,(H2,15,17)(H,16,21). The van der Waals surface area contributed by atoms with Gasteiger partial charge in [0, 0.05) is 26.1 Å². The summed E-state index contributed by atoms with van der Waals surface area (Å²) in [5.41, 5.74) is 8.69. The van der Waals surface area contributed by atoms with Gasteiger partial charge in [0.2, 0.25) is 11.9 Å². The number of hydrogen-bond donors (Lipinski definition) is 2. The molecular formula is C14H24N6O. The zero-order chi connectivity index (χ0) is 15.6. The molecule has 0 unspecified atom stereocenters.